The molecule has 1 atom stereocenters. The molecular weight excluding hydrogens is 385 g/mol. The topological polar surface area (TPSA) is 58.6 Å². The van der Waals surface area contributed by atoms with Gasteiger partial charge < -0.3 is 15.0 Å². The summed E-state index contributed by atoms with van der Waals surface area (Å²) in [4.78, 5) is 26.4. The first-order chi connectivity index (χ1) is 13.8. The second-order valence-corrected chi connectivity index (χ2v) is 6.87. The lowest BCUT2D eigenvalue weighted by molar-refractivity contribution is -0.153. The fourth-order valence-electron chi connectivity index (χ4n) is 3.16. The van der Waals surface area contributed by atoms with Gasteiger partial charge in [-0.05, 0) is 24.1 Å². The van der Waals surface area contributed by atoms with Crippen molar-refractivity contribution in [2.45, 2.75) is 19.0 Å². The number of hydrogen-bond acceptors (Lipinski definition) is 3. The Morgan fingerprint density at radius 1 is 1.10 bits per heavy atom. The van der Waals surface area contributed by atoms with Crippen LogP contribution in [0.5, 0.6) is 5.75 Å². The van der Waals surface area contributed by atoms with E-state index in [0.717, 1.165) is 5.56 Å². The molecule has 0 radical (unpaired) electrons. The molecule has 0 aliphatic carbocycles. The van der Waals surface area contributed by atoms with Crippen molar-refractivity contribution in [3.63, 3.8) is 0 Å². The van der Waals surface area contributed by atoms with E-state index >= 15 is 0 Å². The normalized spacial score (nSPS) is 16.7. The third-order valence-corrected chi connectivity index (χ3v) is 4.63. The first-order valence-electron chi connectivity index (χ1n) is 9.23. The molecule has 1 fully saturated rings. The average Bonchev–Trinajstić information content (AvgIpc) is 3.07. The van der Waals surface area contributed by atoms with E-state index in [2.05, 4.69) is 5.32 Å². The number of anilines is 1. The van der Waals surface area contributed by atoms with Crippen LogP contribution in [0.1, 0.15) is 12.0 Å². The summed E-state index contributed by atoms with van der Waals surface area (Å²) in [6, 6.07) is 15.6. The number of ether oxygens (including phenoxy) is 1. The second kappa shape index (κ2) is 8.98. The Morgan fingerprint density at radius 2 is 1.79 bits per heavy atom. The molecule has 2 aromatic rings. The number of carbonyl (C=O) groups excluding carboxylic acids is 2. The highest BCUT2D eigenvalue weighted by Crippen LogP contribution is 2.28. The van der Waals surface area contributed by atoms with Crippen LogP contribution in [0.3, 0.4) is 0 Å². The summed E-state index contributed by atoms with van der Waals surface area (Å²) < 4.78 is 42.0. The molecule has 1 unspecified atom stereocenters. The molecule has 5 nitrogen and oxygen atoms in total. The van der Waals surface area contributed by atoms with Crippen molar-refractivity contribution in [2.24, 2.45) is 5.92 Å². The Labute approximate surface area is 166 Å². The molecule has 29 heavy (non-hydrogen) atoms. The molecular formula is C21H21F3N2O3. The molecule has 0 spiro atoms. The molecule has 1 saturated heterocycles. The minimum Gasteiger partial charge on any atom is -0.482 e. The van der Waals surface area contributed by atoms with Crippen LogP contribution in [-0.4, -0.2) is 42.6 Å². The summed E-state index contributed by atoms with van der Waals surface area (Å²) in [6.07, 6.45) is -3.71. The highest BCUT2D eigenvalue weighted by Gasteiger charge is 2.34. The van der Waals surface area contributed by atoms with Crippen LogP contribution in [0.2, 0.25) is 0 Å². The van der Waals surface area contributed by atoms with E-state index in [1.165, 1.54) is 18.2 Å². The van der Waals surface area contributed by atoms with E-state index in [9.17, 15) is 22.8 Å². The molecule has 0 bridgehead atoms. The lowest BCUT2D eigenvalue weighted by atomic mass is 10.1. The lowest BCUT2D eigenvalue weighted by Gasteiger charge is -2.17. The van der Waals surface area contributed by atoms with Gasteiger partial charge in [0.1, 0.15) is 5.75 Å². The summed E-state index contributed by atoms with van der Waals surface area (Å²) >= 11 is 0. The molecule has 1 heterocycles. The van der Waals surface area contributed by atoms with E-state index in [-0.39, 0.29) is 30.3 Å². The van der Waals surface area contributed by atoms with E-state index in [1.807, 2.05) is 30.3 Å². The average molecular weight is 406 g/mol. The van der Waals surface area contributed by atoms with Gasteiger partial charge in [0.2, 0.25) is 11.8 Å². The number of nitrogens with one attached hydrogen (secondary N) is 1. The second-order valence-electron chi connectivity index (χ2n) is 6.87. The molecule has 1 N–H and O–H groups in total. The van der Waals surface area contributed by atoms with Crippen molar-refractivity contribution < 1.29 is 27.5 Å². The number of amides is 2. The maximum absolute atomic E-state index is 12.6. The van der Waals surface area contributed by atoms with Gasteiger partial charge in [-0.25, -0.2) is 0 Å². The van der Waals surface area contributed by atoms with E-state index in [1.54, 1.807) is 11.0 Å². The zero-order valence-corrected chi connectivity index (χ0v) is 15.6. The molecule has 2 amide bonds. The third-order valence-electron chi connectivity index (χ3n) is 4.63. The number of likely N-dealkylation sites (tertiary alicyclic amines) is 1. The van der Waals surface area contributed by atoms with Gasteiger partial charge >= 0.3 is 6.18 Å². The number of halogens is 3. The molecule has 2 aromatic carbocycles. The zero-order chi connectivity index (χ0) is 20.9. The predicted molar refractivity (Wildman–Crippen MR) is 101 cm³/mol. The van der Waals surface area contributed by atoms with Crippen LogP contribution in [-0.2, 0) is 16.0 Å². The van der Waals surface area contributed by atoms with Crippen molar-refractivity contribution in [2.75, 3.05) is 25.0 Å². The molecule has 154 valence electrons. The molecule has 8 heteroatoms. The quantitative estimate of drug-likeness (QED) is 0.764. The SMILES string of the molecule is O=C(Nc1ccccc1OCC(F)(F)F)C1CC(=O)N(CCc2ccccc2)C1. The summed E-state index contributed by atoms with van der Waals surface area (Å²) in [6.45, 7) is -0.657. The number of nitrogens with zero attached hydrogens (tertiary/aromatic N) is 1. The smallest absolute Gasteiger partial charge is 0.422 e. The first kappa shape index (κ1) is 20.7. The van der Waals surface area contributed by atoms with Crippen LogP contribution in [0, 0.1) is 5.92 Å². The van der Waals surface area contributed by atoms with Crippen LogP contribution < -0.4 is 10.1 Å². The number of carbonyl (C=O) groups is 2. The van der Waals surface area contributed by atoms with Crippen LogP contribution in [0.4, 0.5) is 18.9 Å². The van der Waals surface area contributed by atoms with Gasteiger partial charge in [-0.1, -0.05) is 42.5 Å². The zero-order valence-electron chi connectivity index (χ0n) is 15.6. The van der Waals surface area contributed by atoms with Crippen LogP contribution >= 0.6 is 0 Å². The standard InChI is InChI=1S/C21H21F3N2O3/c22-21(23,24)14-29-18-9-5-4-8-17(18)25-20(28)16-12-19(27)26(13-16)11-10-15-6-2-1-3-7-15/h1-9,16H,10-14H2,(H,25,28). The predicted octanol–water partition coefficient (Wildman–Crippen LogP) is 3.66. The molecule has 3 rings (SSSR count). The number of rotatable bonds is 7. The van der Waals surface area contributed by atoms with E-state index < -0.39 is 24.6 Å². The maximum atomic E-state index is 12.6. The van der Waals surface area contributed by atoms with Gasteiger partial charge in [-0.15, -0.1) is 0 Å². The highest BCUT2D eigenvalue weighted by atomic mass is 19.4. The Morgan fingerprint density at radius 3 is 2.52 bits per heavy atom. The minimum atomic E-state index is -4.48. The summed E-state index contributed by atoms with van der Waals surface area (Å²) in [7, 11) is 0. The van der Waals surface area contributed by atoms with E-state index in [4.69, 9.17) is 4.74 Å². The van der Waals surface area contributed by atoms with Crippen molar-refractivity contribution in [3.05, 3.63) is 60.2 Å². The van der Waals surface area contributed by atoms with Crippen molar-refractivity contribution in [1.82, 2.24) is 4.90 Å². The number of para-hydroxylation sites is 2. The van der Waals surface area contributed by atoms with E-state index in [0.29, 0.717) is 13.0 Å². The fourth-order valence-corrected chi connectivity index (χ4v) is 3.16. The Kier molecular flexibility index (Phi) is 6.41. The van der Waals surface area contributed by atoms with Gasteiger partial charge in [0.15, 0.2) is 6.61 Å². The van der Waals surface area contributed by atoms with Crippen LogP contribution in [0.25, 0.3) is 0 Å². The van der Waals surface area contributed by atoms with Crippen molar-refractivity contribution in [3.8, 4) is 5.75 Å². The van der Waals surface area contributed by atoms with Gasteiger partial charge in [0.25, 0.3) is 0 Å². The monoisotopic (exact) mass is 406 g/mol. The molecule has 1 aliphatic rings. The third kappa shape index (κ3) is 5.97. The van der Waals surface area contributed by atoms with Crippen molar-refractivity contribution >= 4 is 17.5 Å². The molecule has 1 aliphatic heterocycles. The summed E-state index contributed by atoms with van der Waals surface area (Å²) in [5, 5.41) is 2.59. The lowest BCUT2D eigenvalue weighted by Crippen LogP contribution is -2.30. The number of benzene rings is 2. The number of hydrogen-bond donors (Lipinski definition) is 1. The largest absolute Gasteiger partial charge is 0.482 e. The van der Waals surface area contributed by atoms with Gasteiger partial charge in [0.05, 0.1) is 11.6 Å². The molecule has 0 aromatic heterocycles. The fraction of sp³-hybridized carbons (Fsp3) is 0.333. The Balaban J connectivity index is 1.57. The van der Waals surface area contributed by atoms with Gasteiger partial charge in [-0.2, -0.15) is 13.2 Å². The molecule has 0 saturated carbocycles. The van der Waals surface area contributed by atoms with Crippen LogP contribution in [0.15, 0.2) is 54.6 Å². The van der Waals surface area contributed by atoms with Gasteiger partial charge in [0, 0.05) is 19.5 Å². The summed E-state index contributed by atoms with van der Waals surface area (Å²) in [5.41, 5.74) is 1.25. The minimum absolute atomic E-state index is 0.0663. The summed E-state index contributed by atoms with van der Waals surface area (Å²) in [5.74, 6) is -1.15. The first-order valence-corrected chi connectivity index (χ1v) is 9.23. The Hall–Kier alpha value is -3.03. The number of alkyl halides is 3. The maximum Gasteiger partial charge on any atom is 0.422 e. The van der Waals surface area contributed by atoms with Crippen molar-refractivity contribution in [1.29, 1.82) is 0 Å². The van der Waals surface area contributed by atoms with Gasteiger partial charge in [-0.3, -0.25) is 9.59 Å². The Bertz CT molecular complexity index is 856. The highest BCUT2D eigenvalue weighted by molar-refractivity contribution is 5.98.